The number of hydrogen-bond donors (Lipinski definition) is 1. The SMILES string of the molecule is NC1CCCC1OCCN1CCCC1. The van der Waals surface area contributed by atoms with E-state index in [0.717, 1.165) is 19.6 Å². The van der Waals surface area contributed by atoms with Crippen LogP contribution in [0.25, 0.3) is 0 Å². The molecule has 2 aliphatic rings. The highest BCUT2D eigenvalue weighted by Gasteiger charge is 2.24. The second kappa shape index (κ2) is 5.10. The lowest BCUT2D eigenvalue weighted by Gasteiger charge is -2.19. The third-order valence-corrected chi connectivity index (χ3v) is 3.44. The van der Waals surface area contributed by atoms with E-state index in [1.807, 2.05) is 0 Å². The van der Waals surface area contributed by atoms with Gasteiger partial charge in [-0.2, -0.15) is 0 Å². The summed E-state index contributed by atoms with van der Waals surface area (Å²) in [6.07, 6.45) is 6.63. The molecular weight excluding hydrogens is 176 g/mol. The van der Waals surface area contributed by atoms with Crippen molar-refractivity contribution in [3.8, 4) is 0 Å². The maximum atomic E-state index is 5.93. The predicted molar refractivity (Wildman–Crippen MR) is 57.2 cm³/mol. The second-order valence-corrected chi connectivity index (χ2v) is 4.55. The average Bonchev–Trinajstić information content (AvgIpc) is 2.78. The molecule has 1 aliphatic heterocycles. The summed E-state index contributed by atoms with van der Waals surface area (Å²) >= 11 is 0. The number of likely N-dealkylation sites (tertiary alicyclic amines) is 1. The van der Waals surface area contributed by atoms with E-state index in [2.05, 4.69) is 4.90 Å². The molecule has 3 nitrogen and oxygen atoms in total. The highest BCUT2D eigenvalue weighted by molar-refractivity contribution is 4.81. The molecule has 2 atom stereocenters. The maximum Gasteiger partial charge on any atom is 0.0726 e. The fourth-order valence-corrected chi connectivity index (χ4v) is 2.50. The number of ether oxygens (including phenoxy) is 1. The Hall–Kier alpha value is -0.120. The van der Waals surface area contributed by atoms with E-state index >= 15 is 0 Å². The van der Waals surface area contributed by atoms with Crippen LogP contribution >= 0.6 is 0 Å². The first kappa shape index (κ1) is 10.4. The molecule has 0 radical (unpaired) electrons. The Labute approximate surface area is 86.6 Å². The Morgan fingerprint density at radius 2 is 1.93 bits per heavy atom. The van der Waals surface area contributed by atoms with Crippen LogP contribution in [0, 0.1) is 0 Å². The first-order chi connectivity index (χ1) is 6.86. The molecule has 3 heteroatoms. The van der Waals surface area contributed by atoms with Crippen molar-refractivity contribution < 1.29 is 4.74 Å². The van der Waals surface area contributed by atoms with Gasteiger partial charge in [-0.05, 0) is 45.2 Å². The second-order valence-electron chi connectivity index (χ2n) is 4.55. The van der Waals surface area contributed by atoms with Crippen molar-refractivity contribution in [3.63, 3.8) is 0 Å². The molecule has 1 heterocycles. The number of rotatable bonds is 4. The van der Waals surface area contributed by atoms with Gasteiger partial charge in [-0.3, -0.25) is 0 Å². The van der Waals surface area contributed by atoms with Crippen molar-refractivity contribution in [1.29, 1.82) is 0 Å². The first-order valence-electron chi connectivity index (χ1n) is 5.96. The smallest absolute Gasteiger partial charge is 0.0726 e. The van der Waals surface area contributed by atoms with Gasteiger partial charge in [0.05, 0.1) is 12.7 Å². The zero-order chi connectivity index (χ0) is 9.80. The topological polar surface area (TPSA) is 38.5 Å². The van der Waals surface area contributed by atoms with E-state index in [1.165, 1.54) is 38.8 Å². The monoisotopic (exact) mass is 198 g/mol. The molecule has 2 rings (SSSR count). The van der Waals surface area contributed by atoms with Crippen LogP contribution in [0.2, 0.25) is 0 Å². The van der Waals surface area contributed by atoms with Gasteiger partial charge >= 0.3 is 0 Å². The first-order valence-corrected chi connectivity index (χ1v) is 5.96. The van der Waals surface area contributed by atoms with Crippen molar-refractivity contribution in [2.45, 2.75) is 44.2 Å². The summed E-state index contributed by atoms with van der Waals surface area (Å²) < 4.78 is 5.81. The van der Waals surface area contributed by atoms with Gasteiger partial charge in [0.15, 0.2) is 0 Å². The Morgan fingerprint density at radius 3 is 2.57 bits per heavy atom. The highest BCUT2D eigenvalue weighted by Crippen LogP contribution is 2.20. The Kier molecular flexibility index (Phi) is 3.79. The van der Waals surface area contributed by atoms with Crippen molar-refractivity contribution in [2.24, 2.45) is 5.73 Å². The Bertz CT molecular complexity index is 169. The molecule has 0 aromatic carbocycles. The minimum Gasteiger partial charge on any atom is -0.375 e. The molecule has 0 aromatic heterocycles. The summed E-state index contributed by atoms with van der Waals surface area (Å²) in [6, 6.07) is 0.300. The molecule has 0 bridgehead atoms. The number of nitrogens with two attached hydrogens (primary N) is 1. The van der Waals surface area contributed by atoms with Gasteiger partial charge in [0.1, 0.15) is 0 Å². The molecule has 0 spiro atoms. The fourth-order valence-electron chi connectivity index (χ4n) is 2.50. The minimum atomic E-state index is 0.300. The average molecular weight is 198 g/mol. The number of hydrogen-bond acceptors (Lipinski definition) is 3. The van der Waals surface area contributed by atoms with Crippen LogP contribution in [0.5, 0.6) is 0 Å². The largest absolute Gasteiger partial charge is 0.375 e. The fraction of sp³-hybridized carbons (Fsp3) is 1.00. The molecule has 0 amide bonds. The van der Waals surface area contributed by atoms with Crippen molar-refractivity contribution in [2.75, 3.05) is 26.2 Å². The van der Waals surface area contributed by atoms with Crippen LogP contribution < -0.4 is 5.73 Å². The van der Waals surface area contributed by atoms with E-state index in [1.54, 1.807) is 0 Å². The van der Waals surface area contributed by atoms with Crippen LogP contribution in [0.4, 0.5) is 0 Å². The quantitative estimate of drug-likeness (QED) is 0.732. The minimum absolute atomic E-state index is 0.300. The molecular formula is C11H22N2O. The summed E-state index contributed by atoms with van der Waals surface area (Å²) in [5, 5.41) is 0. The lowest BCUT2D eigenvalue weighted by molar-refractivity contribution is 0.0364. The lowest BCUT2D eigenvalue weighted by atomic mass is 10.2. The van der Waals surface area contributed by atoms with Gasteiger partial charge in [-0.15, -0.1) is 0 Å². The van der Waals surface area contributed by atoms with Crippen LogP contribution in [-0.2, 0) is 4.74 Å². The van der Waals surface area contributed by atoms with Crippen molar-refractivity contribution in [3.05, 3.63) is 0 Å². The van der Waals surface area contributed by atoms with Gasteiger partial charge in [0.25, 0.3) is 0 Å². The number of nitrogens with zero attached hydrogens (tertiary/aromatic N) is 1. The lowest BCUT2D eigenvalue weighted by Crippen LogP contribution is -2.34. The molecule has 1 saturated heterocycles. The highest BCUT2D eigenvalue weighted by atomic mass is 16.5. The van der Waals surface area contributed by atoms with Gasteiger partial charge in [-0.25, -0.2) is 0 Å². The van der Waals surface area contributed by atoms with E-state index in [-0.39, 0.29) is 0 Å². The van der Waals surface area contributed by atoms with Gasteiger partial charge in [0.2, 0.25) is 0 Å². The molecule has 1 aliphatic carbocycles. The standard InChI is InChI=1S/C11H22N2O/c12-10-4-3-5-11(10)14-9-8-13-6-1-2-7-13/h10-11H,1-9,12H2. The summed E-state index contributed by atoms with van der Waals surface area (Å²) in [7, 11) is 0. The third-order valence-electron chi connectivity index (χ3n) is 3.44. The molecule has 2 N–H and O–H groups in total. The molecule has 14 heavy (non-hydrogen) atoms. The normalized spacial score (nSPS) is 34.1. The van der Waals surface area contributed by atoms with Crippen LogP contribution in [0.1, 0.15) is 32.1 Å². The third kappa shape index (κ3) is 2.69. The van der Waals surface area contributed by atoms with Crippen LogP contribution in [-0.4, -0.2) is 43.3 Å². The molecule has 1 saturated carbocycles. The van der Waals surface area contributed by atoms with Crippen LogP contribution in [0.3, 0.4) is 0 Å². The molecule has 0 aromatic rings. The molecule has 2 fully saturated rings. The summed E-state index contributed by atoms with van der Waals surface area (Å²) in [5.41, 5.74) is 5.93. The van der Waals surface area contributed by atoms with E-state index in [0.29, 0.717) is 12.1 Å². The Balaban J connectivity index is 1.57. The van der Waals surface area contributed by atoms with E-state index in [4.69, 9.17) is 10.5 Å². The maximum absolute atomic E-state index is 5.93. The zero-order valence-electron chi connectivity index (χ0n) is 8.95. The van der Waals surface area contributed by atoms with E-state index < -0.39 is 0 Å². The van der Waals surface area contributed by atoms with Gasteiger partial charge in [0, 0.05) is 12.6 Å². The van der Waals surface area contributed by atoms with E-state index in [9.17, 15) is 0 Å². The van der Waals surface area contributed by atoms with Crippen LogP contribution in [0.15, 0.2) is 0 Å². The predicted octanol–water partition coefficient (Wildman–Crippen LogP) is 0.979. The molecule has 82 valence electrons. The molecule has 2 unspecified atom stereocenters. The summed E-state index contributed by atoms with van der Waals surface area (Å²) in [6.45, 7) is 4.50. The van der Waals surface area contributed by atoms with Gasteiger partial charge < -0.3 is 15.4 Å². The zero-order valence-corrected chi connectivity index (χ0v) is 8.95. The summed E-state index contributed by atoms with van der Waals surface area (Å²) in [4.78, 5) is 2.49. The van der Waals surface area contributed by atoms with Crippen molar-refractivity contribution in [1.82, 2.24) is 4.90 Å². The van der Waals surface area contributed by atoms with Gasteiger partial charge in [-0.1, -0.05) is 0 Å². The summed E-state index contributed by atoms with van der Waals surface area (Å²) in [5.74, 6) is 0. The Morgan fingerprint density at radius 1 is 1.14 bits per heavy atom. The van der Waals surface area contributed by atoms with Crippen molar-refractivity contribution >= 4 is 0 Å².